The third-order valence-corrected chi connectivity index (χ3v) is 3.84. The summed E-state index contributed by atoms with van der Waals surface area (Å²) in [5, 5.41) is 14.0. The van der Waals surface area contributed by atoms with Crippen LogP contribution in [0.4, 0.5) is 5.69 Å². The highest BCUT2D eigenvalue weighted by atomic mass is 79.9. The van der Waals surface area contributed by atoms with Crippen molar-refractivity contribution in [2.45, 2.75) is 19.4 Å². The van der Waals surface area contributed by atoms with Crippen LogP contribution in [0.1, 0.15) is 25.1 Å². The fraction of sp³-hybridized carbons (Fsp3) is 0.286. The summed E-state index contributed by atoms with van der Waals surface area (Å²) in [6, 6.07) is 8.49. The second-order valence-electron chi connectivity index (χ2n) is 4.37. The summed E-state index contributed by atoms with van der Waals surface area (Å²) < 4.78 is 6.58. The number of hydrogen-bond donors (Lipinski definition) is 1. The van der Waals surface area contributed by atoms with Gasteiger partial charge in [0, 0.05) is 22.2 Å². The van der Waals surface area contributed by atoms with E-state index in [9.17, 15) is 10.1 Å². The van der Waals surface area contributed by atoms with Crippen LogP contribution < -0.4 is 5.32 Å². The Bertz CT molecular complexity index is 621. The Morgan fingerprint density at radius 2 is 2.15 bits per heavy atom. The first kappa shape index (κ1) is 14.7. The maximum atomic E-state index is 10.9. The minimum absolute atomic E-state index is 0.0433. The van der Waals surface area contributed by atoms with Crippen molar-refractivity contribution in [2.75, 3.05) is 7.05 Å². The number of hydrogen-bond acceptors (Lipinski definition) is 4. The molecule has 0 saturated heterocycles. The highest BCUT2D eigenvalue weighted by Gasteiger charge is 2.16. The van der Waals surface area contributed by atoms with E-state index in [1.807, 2.05) is 19.2 Å². The molecule has 5 nitrogen and oxygen atoms in total. The molecule has 0 aliphatic heterocycles. The number of rotatable bonds is 5. The molecule has 1 N–H and O–H groups in total. The first-order valence-electron chi connectivity index (χ1n) is 6.28. The molecule has 2 aromatic rings. The van der Waals surface area contributed by atoms with Crippen molar-refractivity contribution in [1.29, 1.82) is 0 Å². The van der Waals surface area contributed by atoms with Gasteiger partial charge in [0.1, 0.15) is 11.5 Å². The summed E-state index contributed by atoms with van der Waals surface area (Å²) in [6.07, 6.45) is 0.902. The van der Waals surface area contributed by atoms with Gasteiger partial charge in [0.25, 0.3) is 5.69 Å². The molecule has 6 heteroatoms. The lowest BCUT2D eigenvalue weighted by Gasteiger charge is -2.10. The molecule has 0 aliphatic carbocycles. The predicted molar refractivity (Wildman–Crippen MR) is 80.6 cm³/mol. The molecule has 0 saturated carbocycles. The summed E-state index contributed by atoms with van der Waals surface area (Å²) in [7, 11) is 1.87. The second kappa shape index (κ2) is 6.19. The summed E-state index contributed by atoms with van der Waals surface area (Å²) in [6.45, 7) is 2.06. The maximum absolute atomic E-state index is 10.9. The molecule has 1 atom stereocenters. The number of nitro groups is 1. The SMILES string of the molecule is CCC(NC)c1ccc(-c2cc([N+](=O)[O-])ccc2Br)o1. The van der Waals surface area contributed by atoms with Gasteiger partial charge < -0.3 is 9.73 Å². The Morgan fingerprint density at radius 3 is 2.75 bits per heavy atom. The van der Waals surface area contributed by atoms with Gasteiger partial charge in [-0.3, -0.25) is 10.1 Å². The summed E-state index contributed by atoms with van der Waals surface area (Å²) in [5.74, 6) is 1.44. The van der Waals surface area contributed by atoms with E-state index in [0.29, 0.717) is 11.3 Å². The standard InChI is InChI=1S/C14H15BrN2O3/c1-3-12(16-2)14-7-6-13(20-14)10-8-9(17(18)19)4-5-11(10)15/h4-8,12,16H,3H2,1-2H3. The van der Waals surface area contributed by atoms with Crippen molar-refractivity contribution < 1.29 is 9.34 Å². The third-order valence-electron chi connectivity index (χ3n) is 3.15. The van der Waals surface area contributed by atoms with Gasteiger partial charge in [0.05, 0.1) is 11.0 Å². The van der Waals surface area contributed by atoms with Crippen LogP contribution in [0.3, 0.4) is 0 Å². The third kappa shape index (κ3) is 2.91. The van der Waals surface area contributed by atoms with E-state index < -0.39 is 4.92 Å². The van der Waals surface area contributed by atoms with E-state index >= 15 is 0 Å². The van der Waals surface area contributed by atoms with Gasteiger partial charge in [-0.25, -0.2) is 0 Å². The molecule has 1 unspecified atom stereocenters. The molecule has 0 radical (unpaired) electrons. The van der Waals surface area contributed by atoms with Gasteiger partial charge in [-0.1, -0.05) is 22.9 Å². The van der Waals surface area contributed by atoms with E-state index in [-0.39, 0.29) is 11.7 Å². The van der Waals surface area contributed by atoms with Crippen LogP contribution >= 0.6 is 15.9 Å². The van der Waals surface area contributed by atoms with Crippen LogP contribution in [0.5, 0.6) is 0 Å². The highest BCUT2D eigenvalue weighted by Crippen LogP contribution is 2.34. The average Bonchev–Trinajstić information content (AvgIpc) is 2.90. The van der Waals surface area contributed by atoms with E-state index in [1.165, 1.54) is 12.1 Å². The van der Waals surface area contributed by atoms with Crippen molar-refractivity contribution in [3.8, 4) is 11.3 Å². The van der Waals surface area contributed by atoms with Crippen LogP contribution in [0.15, 0.2) is 39.2 Å². The van der Waals surface area contributed by atoms with Gasteiger partial charge >= 0.3 is 0 Å². The van der Waals surface area contributed by atoms with Gasteiger partial charge in [0.2, 0.25) is 0 Å². The topological polar surface area (TPSA) is 68.3 Å². The Morgan fingerprint density at radius 1 is 1.40 bits per heavy atom. The number of halogens is 1. The molecule has 0 bridgehead atoms. The van der Waals surface area contributed by atoms with Gasteiger partial charge in [-0.2, -0.15) is 0 Å². The molecule has 1 aromatic heterocycles. The van der Waals surface area contributed by atoms with Crippen LogP contribution in [-0.2, 0) is 0 Å². The minimum Gasteiger partial charge on any atom is -0.459 e. The maximum Gasteiger partial charge on any atom is 0.270 e. The Kier molecular flexibility index (Phi) is 4.57. The van der Waals surface area contributed by atoms with Crippen LogP contribution in [0.2, 0.25) is 0 Å². The summed E-state index contributed by atoms with van der Waals surface area (Å²) in [5.41, 5.74) is 0.721. The number of nitrogens with one attached hydrogen (secondary N) is 1. The van der Waals surface area contributed by atoms with E-state index in [2.05, 4.69) is 28.2 Å². The summed E-state index contributed by atoms with van der Waals surface area (Å²) >= 11 is 3.40. The molecule has 1 heterocycles. The zero-order chi connectivity index (χ0) is 14.7. The molecule has 1 aromatic carbocycles. The largest absolute Gasteiger partial charge is 0.459 e. The van der Waals surface area contributed by atoms with Crippen molar-refractivity contribution in [3.63, 3.8) is 0 Å². The lowest BCUT2D eigenvalue weighted by molar-refractivity contribution is -0.384. The Labute approximate surface area is 125 Å². The molecule has 106 valence electrons. The zero-order valence-corrected chi connectivity index (χ0v) is 12.8. The van der Waals surface area contributed by atoms with Crippen LogP contribution in [0, 0.1) is 10.1 Å². The number of nitro benzene ring substituents is 1. The lowest BCUT2D eigenvalue weighted by Crippen LogP contribution is -2.14. The highest BCUT2D eigenvalue weighted by molar-refractivity contribution is 9.10. The summed E-state index contributed by atoms with van der Waals surface area (Å²) in [4.78, 5) is 10.4. The fourth-order valence-electron chi connectivity index (χ4n) is 2.05. The normalized spacial score (nSPS) is 12.3. The number of furan rings is 1. The average molecular weight is 339 g/mol. The van der Waals surface area contributed by atoms with E-state index in [0.717, 1.165) is 16.7 Å². The second-order valence-corrected chi connectivity index (χ2v) is 5.23. The lowest BCUT2D eigenvalue weighted by atomic mass is 10.1. The smallest absolute Gasteiger partial charge is 0.270 e. The first-order chi connectivity index (χ1) is 9.56. The molecule has 0 amide bonds. The minimum atomic E-state index is -0.414. The van der Waals surface area contributed by atoms with Gasteiger partial charge in [-0.05, 0) is 31.7 Å². The fourth-order valence-corrected chi connectivity index (χ4v) is 2.49. The molecule has 2 rings (SSSR count). The Hall–Kier alpha value is -1.66. The van der Waals surface area contributed by atoms with E-state index in [4.69, 9.17) is 4.42 Å². The molecule has 0 spiro atoms. The number of non-ortho nitro benzene ring substituents is 1. The van der Waals surface area contributed by atoms with Crippen LogP contribution in [0.25, 0.3) is 11.3 Å². The van der Waals surface area contributed by atoms with E-state index in [1.54, 1.807) is 6.07 Å². The number of nitrogens with zero attached hydrogens (tertiary/aromatic N) is 1. The monoisotopic (exact) mass is 338 g/mol. The molecular weight excluding hydrogens is 324 g/mol. The van der Waals surface area contributed by atoms with Crippen molar-refractivity contribution in [1.82, 2.24) is 5.32 Å². The van der Waals surface area contributed by atoms with Crippen molar-refractivity contribution in [2.24, 2.45) is 0 Å². The predicted octanol–water partition coefficient (Wildman–Crippen LogP) is 4.29. The molecular formula is C14H15BrN2O3. The first-order valence-corrected chi connectivity index (χ1v) is 7.07. The van der Waals surface area contributed by atoms with Gasteiger partial charge in [0.15, 0.2) is 0 Å². The van der Waals surface area contributed by atoms with Crippen molar-refractivity contribution in [3.05, 3.63) is 50.7 Å². The quantitative estimate of drug-likeness (QED) is 0.652. The van der Waals surface area contributed by atoms with Gasteiger partial charge in [-0.15, -0.1) is 0 Å². The molecule has 0 aliphatic rings. The number of benzene rings is 1. The van der Waals surface area contributed by atoms with Crippen molar-refractivity contribution >= 4 is 21.6 Å². The van der Waals surface area contributed by atoms with Crippen LogP contribution in [-0.4, -0.2) is 12.0 Å². The Balaban J connectivity index is 2.41. The zero-order valence-electron chi connectivity index (χ0n) is 11.2. The molecule has 0 fully saturated rings. The molecule has 20 heavy (non-hydrogen) atoms.